The Morgan fingerprint density at radius 2 is 2.15 bits per heavy atom. The van der Waals surface area contributed by atoms with Gasteiger partial charge in [-0.2, -0.15) is 4.98 Å². The largest absolute Gasteiger partial charge is 0.366 e. The molecule has 1 aromatic rings. The second-order valence-electron chi connectivity index (χ2n) is 4.61. The Balaban J connectivity index is 1.80. The molecular formula is C11H19N7O2. The molecule has 9 nitrogen and oxygen atoms in total. The maximum atomic E-state index is 11.9. The predicted octanol–water partition coefficient (Wildman–Crippen LogP) is -0.689. The van der Waals surface area contributed by atoms with E-state index in [1.54, 1.807) is 4.90 Å². The van der Waals surface area contributed by atoms with Crippen LogP contribution >= 0.6 is 0 Å². The van der Waals surface area contributed by atoms with E-state index < -0.39 is 0 Å². The summed E-state index contributed by atoms with van der Waals surface area (Å²) in [6.07, 6.45) is 1.43. The number of aromatic nitrogens is 3. The molecule has 5 N–H and O–H groups in total. The number of hydrogen-bond donors (Lipinski definition) is 4. The third kappa shape index (κ3) is 3.37. The minimum absolute atomic E-state index is 0.0273. The zero-order chi connectivity index (χ0) is 14.5. The number of nitrogen functional groups attached to an aromatic ring is 1. The molecule has 3 amide bonds. The lowest BCUT2D eigenvalue weighted by Gasteiger charge is -2.32. The molecule has 0 saturated carbocycles. The third-order valence-corrected chi connectivity index (χ3v) is 3.16. The third-order valence-electron chi connectivity index (χ3n) is 3.16. The van der Waals surface area contributed by atoms with Crippen molar-refractivity contribution in [1.82, 2.24) is 30.7 Å². The van der Waals surface area contributed by atoms with Crippen LogP contribution in [0.25, 0.3) is 0 Å². The number of amides is 3. The summed E-state index contributed by atoms with van der Waals surface area (Å²) in [6.45, 7) is 3.74. The van der Waals surface area contributed by atoms with Gasteiger partial charge in [0.15, 0.2) is 0 Å². The highest BCUT2D eigenvalue weighted by molar-refractivity contribution is 5.90. The van der Waals surface area contributed by atoms with Gasteiger partial charge in [0.25, 0.3) is 5.91 Å². The van der Waals surface area contributed by atoms with Gasteiger partial charge in [-0.1, -0.05) is 0 Å². The Morgan fingerprint density at radius 1 is 1.45 bits per heavy atom. The van der Waals surface area contributed by atoms with Gasteiger partial charge in [-0.3, -0.25) is 9.89 Å². The molecule has 0 atom stereocenters. The van der Waals surface area contributed by atoms with E-state index in [1.165, 1.54) is 0 Å². The van der Waals surface area contributed by atoms with E-state index in [4.69, 9.17) is 5.73 Å². The van der Waals surface area contributed by atoms with E-state index in [-0.39, 0.29) is 29.8 Å². The van der Waals surface area contributed by atoms with Crippen LogP contribution in [-0.4, -0.2) is 57.7 Å². The molecular weight excluding hydrogens is 262 g/mol. The van der Waals surface area contributed by atoms with Gasteiger partial charge in [0.1, 0.15) is 0 Å². The maximum Gasteiger partial charge on any atom is 0.317 e. The molecule has 1 aliphatic rings. The highest BCUT2D eigenvalue weighted by Crippen LogP contribution is 2.11. The van der Waals surface area contributed by atoms with Gasteiger partial charge in [0.05, 0.1) is 0 Å². The van der Waals surface area contributed by atoms with Crippen LogP contribution in [0.5, 0.6) is 0 Å². The standard InChI is InChI=1S/C11H19N7O2/c1-2-13-11(20)18-5-3-7(4-6-18)14-9(19)8-15-10(12)17-16-8/h7H,2-6H2,1H3,(H,13,20)(H,14,19)(H3,12,15,16,17). The topological polar surface area (TPSA) is 129 Å². The smallest absolute Gasteiger partial charge is 0.317 e. The first-order valence-corrected chi connectivity index (χ1v) is 6.61. The summed E-state index contributed by atoms with van der Waals surface area (Å²) in [5.74, 6) is -0.180. The molecule has 9 heteroatoms. The number of nitrogens with zero attached hydrogens (tertiary/aromatic N) is 3. The average molecular weight is 281 g/mol. The summed E-state index contributed by atoms with van der Waals surface area (Å²) in [5, 5.41) is 11.7. The molecule has 1 aliphatic heterocycles. The van der Waals surface area contributed by atoms with E-state index in [9.17, 15) is 9.59 Å². The molecule has 0 aliphatic carbocycles. The Labute approximate surface area is 116 Å². The summed E-state index contributed by atoms with van der Waals surface area (Å²) in [6, 6.07) is -0.0280. The Bertz CT molecular complexity index is 479. The highest BCUT2D eigenvalue weighted by atomic mass is 16.2. The van der Waals surface area contributed by atoms with Crippen LogP contribution in [0.3, 0.4) is 0 Å². The number of H-pyrrole nitrogens is 1. The molecule has 0 spiro atoms. The second kappa shape index (κ2) is 6.22. The molecule has 0 bridgehead atoms. The lowest BCUT2D eigenvalue weighted by atomic mass is 10.1. The van der Waals surface area contributed by atoms with Gasteiger partial charge in [-0.15, -0.1) is 5.10 Å². The zero-order valence-corrected chi connectivity index (χ0v) is 11.3. The van der Waals surface area contributed by atoms with Crippen LogP contribution in [0, 0.1) is 0 Å². The summed E-state index contributed by atoms with van der Waals surface area (Å²) < 4.78 is 0. The SMILES string of the molecule is CCNC(=O)N1CCC(NC(=O)c2nc(N)n[nH]2)CC1. The number of carbonyl (C=O) groups excluding carboxylic acids is 2. The highest BCUT2D eigenvalue weighted by Gasteiger charge is 2.24. The minimum Gasteiger partial charge on any atom is -0.366 e. The molecule has 0 aromatic carbocycles. The Hall–Kier alpha value is -2.32. The fourth-order valence-corrected chi connectivity index (χ4v) is 2.12. The van der Waals surface area contributed by atoms with Crippen molar-refractivity contribution >= 4 is 17.9 Å². The zero-order valence-electron chi connectivity index (χ0n) is 11.3. The number of nitrogens with one attached hydrogen (secondary N) is 3. The number of anilines is 1. The molecule has 1 fully saturated rings. The monoisotopic (exact) mass is 281 g/mol. The number of urea groups is 1. The van der Waals surface area contributed by atoms with Crippen LogP contribution in [0.1, 0.15) is 30.4 Å². The van der Waals surface area contributed by atoms with E-state index in [1.807, 2.05) is 6.92 Å². The van der Waals surface area contributed by atoms with Gasteiger partial charge in [-0.05, 0) is 19.8 Å². The second-order valence-corrected chi connectivity index (χ2v) is 4.61. The molecule has 2 heterocycles. The first-order valence-electron chi connectivity index (χ1n) is 6.61. The van der Waals surface area contributed by atoms with E-state index in [2.05, 4.69) is 25.8 Å². The number of rotatable bonds is 3. The molecule has 0 unspecified atom stereocenters. The summed E-state index contributed by atoms with van der Waals surface area (Å²) in [5.41, 5.74) is 5.34. The van der Waals surface area contributed by atoms with Crippen molar-refractivity contribution in [3.63, 3.8) is 0 Å². The molecule has 2 rings (SSSR count). The number of piperidine rings is 1. The van der Waals surface area contributed by atoms with Gasteiger partial charge in [-0.25, -0.2) is 4.79 Å². The Morgan fingerprint density at radius 3 is 2.70 bits per heavy atom. The van der Waals surface area contributed by atoms with Crippen LogP contribution in [0.15, 0.2) is 0 Å². The molecule has 1 saturated heterocycles. The van der Waals surface area contributed by atoms with Crippen molar-refractivity contribution in [2.45, 2.75) is 25.8 Å². The maximum absolute atomic E-state index is 11.9. The number of hydrogen-bond acceptors (Lipinski definition) is 5. The van der Waals surface area contributed by atoms with Crippen molar-refractivity contribution in [1.29, 1.82) is 0 Å². The van der Waals surface area contributed by atoms with Crippen molar-refractivity contribution in [3.8, 4) is 0 Å². The van der Waals surface area contributed by atoms with Crippen molar-refractivity contribution in [2.75, 3.05) is 25.4 Å². The van der Waals surface area contributed by atoms with Crippen molar-refractivity contribution in [3.05, 3.63) is 5.82 Å². The lowest BCUT2D eigenvalue weighted by Crippen LogP contribution is -2.49. The Kier molecular flexibility index (Phi) is 4.38. The van der Waals surface area contributed by atoms with Gasteiger partial charge >= 0.3 is 6.03 Å². The van der Waals surface area contributed by atoms with Crippen LogP contribution < -0.4 is 16.4 Å². The normalized spacial score (nSPS) is 15.9. The average Bonchev–Trinajstić information content (AvgIpc) is 2.86. The van der Waals surface area contributed by atoms with Crippen molar-refractivity contribution in [2.24, 2.45) is 0 Å². The van der Waals surface area contributed by atoms with E-state index >= 15 is 0 Å². The first kappa shape index (κ1) is 14.1. The van der Waals surface area contributed by atoms with Crippen LogP contribution in [0.4, 0.5) is 10.7 Å². The lowest BCUT2D eigenvalue weighted by molar-refractivity contribution is 0.0908. The first-order chi connectivity index (χ1) is 9.60. The van der Waals surface area contributed by atoms with Gasteiger partial charge in [0, 0.05) is 25.7 Å². The van der Waals surface area contributed by atoms with Crippen LogP contribution in [-0.2, 0) is 0 Å². The van der Waals surface area contributed by atoms with Crippen LogP contribution in [0.2, 0.25) is 0 Å². The van der Waals surface area contributed by atoms with Gasteiger partial charge < -0.3 is 21.3 Å². The molecule has 20 heavy (non-hydrogen) atoms. The molecule has 1 aromatic heterocycles. The number of nitrogens with two attached hydrogens (primary N) is 1. The van der Waals surface area contributed by atoms with E-state index in [0.717, 1.165) is 0 Å². The molecule has 110 valence electrons. The fourth-order valence-electron chi connectivity index (χ4n) is 2.12. The van der Waals surface area contributed by atoms with Gasteiger partial charge in [0.2, 0.25) is 11.8 Å². The van der Waals surface area contributed by atoms with Crippen molar-refractivity contribution < 1.29 is 9.59 Å². The van der Waals surface area contributed by atoms with E-state index in [0.29, 0.717) is 32.5 Å². The minimum atomic E-state index is -0.328. The number of likely N-dealkylation sites (tertiary alicyclic amines) is 1. The number of carbonyl (C=O) groups is 2. The summed E-state index contributed by atoms with van der Waals surface area (Å²) in [4.78, 5) is 29.0. The summed E-state index contributed by atoms with van der Waals surface area (Å²) in [7, 11) is 0. The predicted molar refractivity (Wildman–Crippen MR) is 71.9 cm³/mol. The number of aromatic amines is 1. The molecule has 0 radical (unpaired) electrons. The summed E-state index contributed by atoms with van der Waals surface area (Å²) >= 11 is 0. The quantitative estimate of drug-likeness (QED) is 0.583. The fraction of sp³-hybridized carbons (Fsp3) is 0.636.